The second-order valence-corrected chi connectivity index (χ2v) is 6.05. The third kappa shape index (κ3) is 3.07. The van der Waals surface area contributed by atoms with Crippen LogP contribution < -0.4 is 10.2 Å². The first kappa shape index (κ1) is 13.9. The molecule has 1 N–H and O–H groups in total. The molecule has 3 heteroatoms. The van der Waals surface area contributed by atoms with E-state index < -0.39 is 0 Å². The average molecular weight is 311 g/mol. The second kappa shape index (κ2) is 6.07. The largest absolute Gasteiger partial charge is 0.370 e. The van der Waals surface area contributed by atoms with Crippen LogP contribution in [-0.2, 0) is 0 Å². The van der Waals surface area contributed by atoms with Crippen LogP contribution in [0.5, 0.6) is 0 Å². The number of hydrogen-bond acceptors (Lipinski definition) is 2. The second-order valence-electron chi connectivity index (χ2n) is 5.25. The third-order valence-corrected chi connectivity index (χ3v) is 5.01. The highest BCUT2D eigenvalue weighted by Gasteiger charge is 2.17. The van der Waals surface area contributed by atoms with E-state index in [-0.39, 0.29) is 0 Å². The van der Waals surface area contributed by atoms with Crippen LogP contribution >= 0.6 is 15.9 Å². The zero-order valence-corrected chi connectivity index (χ0v) is 13.2. The molecule has 1 saturated heterocycles. The molecule has 1 fully saturated rings. The van der Waals surface area contributed by atoms with Gasteiger partial charge in [-0.1, -0.05) is 22.9 Å². The van der Waals surface area contributed by atoms with Gasteiger partial charge in [0.25, 0.3) is 0 Å². The summed E-state index contributed by atoms with van der Waals surface area (Å²) in [5.41, 5.74) is 4.03. The van der Waals surface area contributed by atoms with Crippen molar-refractivity contribution in [2.24, 2.45) is 0 Å². The van der Waals surface area contributed by atoms with Crippen molar-refractivity contribution in [3.8, 4) is 0 Å². The summed E-state index contributed by atoms with van der Waals surface area (Å²) in [5.74, 6) is 0. The van der Waals surface area contributed by atoms with Crippen LogP contribution in [-0.4, -0.2) is 25.7 Å². The molecule has 0 saturated carbocycles. The van der Waals surface area contributed by atoms with Gasteiger partial charge in [-0.25, -0.2) is 0 Å². The number of rotatable bonds is 2. The van der Waals surface area contributed by atoms with Gasteiger partial charge in [0.15, 0.2) is 0 Å². The Balaban J connectivity index is 2.24. The molecule has 2 nitrogen and oxygen atoms in total. The van der Waals surface area contributed by atoms with Gasteiger partial charge in [0, 0.05) is 29.3 Å². The van der Waals surface area contributed by atoms with E-state index >= 15 is 0 Å². The summed E-state index contributed by atoms with van der Waals surface area (Å²) in [6, 6.07) is 5.22. The number of benzene rings is 1. The summed E-state index contributed by atoms with van der Waals surface area (Å²) < 4.78 is 1.24. The minimum absolute atomic E-state index is 0.622. The lowest BCUT2D eigenvalue weighted by atomic mass is 10.1. The van der Waals surface area contributed by atoms with Crippen molar-refractivity contribution in [1.82, 2.24) is 5.32 Å². The standard InChI is InChI=1S/C15H23BrN2/c1-4-13-10-18(7-5-6-17-13)14-8-11(2)15(16)12(3)9-14/h8-9,13,17H,4-7,10H2,1-3H3. The summed E-state index contributed by atoms with van der Waals surface area (Å²) in [6.07, 6.45) is 2.43. The number of hydrogen-bond donors (Lipinski definition) is 1. The molecule has 1 unspecified atom stereocenters. The number of nitrogens with zero attached hydrogens (tertiary/aromatic N) is 1. The molecule has 2 rings (SSSR count). The van der Waals surface area contributed by atoms with Gasteiger partial charge in [-0.3, -0.25) is 0 Å². The van der Waals surface area contributed by atoms with Crippen LogP contribution in [0.15, 0.2) is 16.6 Å². The van der Waals surface area contributed by atoms with Crippen molar-refractivity contribution >= 4 is 21.6 Å². The van der Waals surface area contributed by atoms with E-state index in [0.717, 1.165) is 19.6 Å². The molecule has 100 valence electrons. The predicted molar refractivity (Wildman–Crippen MR) is 82.5 cm³/mol. The Hall–Kier alpha value is -0.540. The van der Waals surface area contributed by atoms with Gasteiger partial charge in [-0.15, -0.1) is 0 Å². The number of aryl methyl sites for hydroxylation is 2. The molecular formula is C15H23BrN2. The molecule has 0 bridgehead atoms. The first-order chi connectivity index (χ1) is 8.61. The molecule has 0 radical (unpaired) electrons. The topological polar surface area (TPSA) is 15.3 Å². The molecule has 1 aliphatic heterocycles. The fourth-order valence-corrected chi connectivity index (χ4v) is 2.84. The van der Waals surface area contributed by atoms with E-state index in [1.165, 1.54) is 34.1 Å². The number of anilines is 1. The monoisotopic (exact) mass is 310 g/mol. The van der Waals surface area contributed by atoms with Gasteiger partial charge >= 0.3 is 0 Å². The van der Waals surface area contributed by atoms with Crippen LogP contribution in [0.4, 0.5) is 5.69 Å². The van der Waals surface area contributed by atoms with Gasteiger partial charge < -0.3 is 10.2 Å². The first-order valence-electron chi connectivity index (χ1n) is 6.87. The highest BCUT2D eigenvalue weighted by molar-refractivity contribution is 9.10. The Morgan fingerprint density at radius 2 is 2.00 bits per heavy atom. The zero-order valence-electron chi connectivity index (χ0n) is 11.6. The lowest BCUT2D eigenvalue weighted by Gasteiger charge is -2.27. The van der Waals surface area contributed by atoms with E-state index in [1.54, 1.807) is 0 Å². The molecule has 1 aromatic carbocycles. The molecule has 18 heavy (non-hydrogen) atoms. The third-order valence-electron chi connectivity index (χ3n) is 3.76. The molecule has 0 aliphatic carbocycles. The summed E-state index contributed by atoms with van der Waals surface area (Å²) in [5, 5.41) is 3.62. The SMILES string of the molecule is CCC1CN(c2cc(C)c(Br)c(C)c2)CCCN1. The lowest BCUT2D eigenvalue weighted by Crippen LogP contribution is -2.37. The maximum atomic E-state index is 3.65. The molecular weight excluding hydrogens is 288 g/mol. The van der Waals surface area contributed by atoms with Gasteiger partial charge in [0.05, 0.1) is 0 Å². The fraction of sp³-hybridized carbons (Fsp3) is 0.600. The van der Waals surface area contributed by atoms with Gasteiger partial charge in [-0.2, -0.15) is 0 Å². The molecule has 1 heterocycles. The van der Waals surface area contributed by atoms with Crippen molar-refractivity contribution < 1.29 is 0 Å². The fourth-order valence-electron chi connectivity index (χ4n) is 2.61. The maximum absolute atomic E-state index is 3.65. The van der Waals surface area contributed by atoms with Crippen LogP contribution in [0.2, 0.25) is 0 Å². The molecule has 0 aromatic heterocycles. The predicted octanol–water partition coefficient (Wildman–Crippen LogP) is 3.64. The number of nitrogens with one attached hydrogen (secondary N) is 1. The molecule has 0 spiro atoms. The molecule has 1 atom stereocenters. The minimum atomic E-state index is 0.622. The van der Waals surface area contributed by atoms with E-state index in [2.05, 4.69) is 59.1 Å². The molecule has 1 aromatic rings. The summed E-state index contributed by atoms with van der Waals surface area (Å²) in [7, 11) is 0. The first-order valence-corrected chi connectivity index (χ1v) is 7.66. The molecule has 1 aliphatic rings. The van der Waals surface area contributed by atoms with Crippen molar-refractivity contribution in [2.75, 3.05) is 24.5 Å². The Morgan fingerprint density at radius 3 is 2.61 bits per heavy atom. The summed E-state index contributed by atoms with van der Waals surface area (Å²) in [4.78, 5) is 2.53. The Labute approximate surface area is 119 Å². The molecule has 0 amide bonds. The Kier molecular flexibility index (Phi) is 4.68. The van der Waals surface area contributed by atoms with Gasteiger partial charge in [0.2, 0.25) is 0 Å². The van der Waals surface area contributed by atoms with Gasteiger partial charge in [-0.05, 0) is 56.5 Å². The Bertz CT molecular complexity index is 394. The van der Waals surface area contributed by atoms with Crippen LogP contribution in [0.25, 0.3) is 0 Å². The van der Waals surface area contributed by atoms with E-state index in [0.29, 0.717) is 6.04 Å². The van der Waals surface area contributed by atoms with Gasteiger partial charge in [0.1, 0.15) is 0 Å². The van der Waals surface area contributed by atoms with E-state index in [1.807, 2.05) is 0 Å². The van der Waals surface area contributed by atoms with Crippen molar-refractivity contribution in [1.29, 1.82) is 0 Å². The van der Waals surface area contributed by atoms with E-state index in [9.17, 15) is 0 Å². The smallest absolute Gasteiger partial charge is 0.0372 e. The number of halogens is 1. The minimum Gasteiger partial charge on any atom is -0.370 e. The van der Waals surface area contributed by atoms with Crippen LogP contribution in [0.3, 0.4) is 0 Å². The normalized spacial score (nSPS) is 20.9. The van der Waals surface area contributed by atoms with E-state index in [4.69, 9.17) is 0 Å². The Morgan fingerprint density at radius 1 is 1.33 bits per heavy atom. The summed E-state index contributed by atoms with van der Waals surface area (Å²) >= 11 is 3.65. The highest BCUT2D eigenvalue weighted by atomic mass is 79.9. The van der Waals surface area contributed by atoms with Crippen LogP contribution in [0.1, 0.15) is 30.9 Å². The highest BCUT2D eigenvalue weighted by Crippen LogP contribution is 2.28. The van der Waals surface area contributed by atoms with Crippen LogP contribution in [0, 0.1) is 13.8 Å². The average Bonchev–Trinajstić information content (AvgIpc) is 2.60. The maximum Gasteiger partial charge on any atom is 0.0372 e. The lowest BCUT2D eigenvalue weighted by molar-refractivity contribution is 0.528. The van der Waals surface area contributed by atoms with Crippen molar-refractivity contribution in [3.05, 3.63) is 27.7 Å². The summed E-state index contributed by atoms with van der Waals surface area (Å²) in [6.45, 7) is 10.0. The zero-order chi connectivity index (χ0) is 13.1. The quantitative estimate of drug-likeness (QED) is 0.897. The van der Waals surface area contributed by atoms with Crippen molar-refractivity contribution in [3.63, 3.8) is 0 Å². The van der Waals surface area contributed by atoms with Crippen molar-refractivity contribution in [2.45, 2.75) is 39.7 Å².